The van der Waals surface area contributed by atoms with E-state index < -0.39 is 9.84 Å². The SMILES string of the molecule is CCN1C(=O)c2ccccc2S(=O)(=O)c2ccc(C(C)(C)C)cc21. The first-order chi connectivity index (χ1) is 11.2. The molecule has 0 radical (unpaired) electrons. The molecule has 5 heteroatoms. The molecule has 0 bridgehead atoms. The minimum atomic E-state index is -3.74. The fourth-order valence-corrected chi connectivity index (χ4v) is 4.62. The smallest absolute Gasteiger partial charge is 0.259 e. The molecule has 0 saturated heterocycles. The molecule has 24 heavy (non-hydrogen) atoms. The second-order valence-electron chi connectivity index (χ2n) is 6.98. The monoisotopic (exact) mass is 343 g/mol. The van der Waals surface area contributed by atoms with Gasteiger partial charge in [-0.2, -0.15) is 0 Å². The van der Waals surface area contributed by atoms with Crippen molar-refractivity contribution in [2.45, 2.75) is 42.9 Å². The van der Waals surface area contributed by atoms with Crippen molar-refractivity contribution in [2.24, 2.45) is 0 Å². The van der Waals surface area contributed by atoms with E-state index in [0.717, 1.165) is 5.56 Å². The normalized spacial score (nSPS) is 16.3. The van der Waals surface area contributed by atoms with Crippen molar-refractivity contribution in [3.8, 4) is 0 Å². The summed E-state index contributed by atoms with van der Waals surface area (Å²) < 4.78 is 26.2. The molecule has 4 nitrogen and oxygen atoms in total. The number of nitrogens with zero attached hydrogens (tertiary/aromatic N) is 1. The maximum atomic E-state index is 13.1. The van der Waals surface area contributed by atoms with Crippen molar-refractivity contribution >= 4 is 21.4 Å². The third-order valence-electron chi connectivity index (χ3n) is 4.37. The Labute approximate surface area is 143 Å². The predicted molar refractivity (Wildman–Crippen MR) is 94.4 cm³/mol. The van der Waals surface area contributed by atoms with Gasteiger partial charge in [-0.25, -0.2) is 8.42 Å². The molecule has 0 spiro atoms. The number of carbonyl (C=O) groups is 1. The Balaban J connectivity index is 2.39. The van der Waals surface area contributed by atoms with E-state index in [1.807, 2.05) is 19.1 Å². The van der Waals surface area contributed by atoms with Crippen LogP contribution in [0.3, 0.4) is 0 Å². The minimum Gasteiger partial charge on any atom is -0.307 e. The molecule has 126 valence electrons. The predicted octanol–water partition coefficient (Wildman–Crippen LogP) is 3.80. The molecule has 1 amide bonds. The number of amides is 1. The maximum Gasteiger partial charge on any atom is 0.259 e. The van der Waals surface area contributed by atoms with Gasteiger partial charge in [0, 0.05) is 6.54 Å². The molecule has 0 atom stereocenters. The lowest BCUT2D eigenvalue weighted by Crippen LogP contribution is -2.30. The molecule has 1 aliphatic rings. The van der Waals surface area contributed by atoms with E-state index in [4.69, 9.17) is 0 Å². The first-order valence-electron chi connectivity index (χ1n) is 7.98. The molecule has 1 heterocycles. The fraction of sp³-hybridized carbons (Fsp3) is 0.316. The van der Waals surface area contributed by atoms with E-state index >= 15 is 0 Å². The number of sulfone groups is 1. The Kier molecular flexibility index (Phi) is 3.79. The summed E-state index contributed by atoms with van der Waals surface area (Å²) in [5.41, 5.74) is 1.55. The van der Waals surface area contributed by atoms with Gasteiger partial charge in [-0.3, -0.25) is 4.79 Å². The fourth-order valence-electron chi connectivity index (χ4n) is 2.99. The van der Waals surface area contributed by atoms with Crippen LogP contribution in [0.4, 0.5) is 5.69 Å². The summed E-state index contributed by atoms with van der Waals surface area (Å²) in [5, 5.41) is 0. The number of fused-ring (bicyclic) bond motifs is 2. The highest BCUT2D eigenvalue weighted by atomic mass is 32.2. The van der Waals surface area contributed by atoms with Crippen LogP contribution in [0, 0.1) is 0 Å². The van der Waals surface area contributed by atoms with Gasteiger partial charge in [-0.1, -0.05) is 39.0 Å². The van der Waals surface area contributed by atoms with Crippen LogP contribution in [0.15, 0.2) is 52.3 Å². The van der Waals surface area contributed by atoms with Crippen LogP contribution in [0.25, 0.3) is 0 Å². The van der Waals surface area contributed by atoms with E-state index in [-0.39, 0.29) is 26.7 Å². The molecule has 0 aromatic heterocycles. The van der Waals surface area contributed by atoms with E-state index in [1.54, 1.807) is 29.2 Å². The van der Waals surface area contributed by atoms with Gasteiger partial charge < -0.3 is 4.90 Å². The van der Waals surface area contributed by atoms with Crippen molar-refractivity contribution in [2.75, 3.05) is 11.4 Å². The van der Waals surface area contributed by atoms with Gasteiger partial charge >= 0.3 is 0 Å². The zero-order valence-electron chi connectivity index (χ0n) is 14.3. The molecule has 0 unspecified atom stereocenters. The van der Waals surface area contributed by atoms with Crippen molar-refractivity contribution in [3.63, 3.8) is 0 Å². The van der Waals surface area contributed by atoms with Gasteiger partial charge in [0.25, 0.3) is 5.91 Å². The summed E-state index contributed by atoms with van der Waals surface area (Å²) in [6.07, 6.45) is 0. The molecular weight excluding hydrogens is 322 g/mol. The Morgan fingerprint density at radius 1 is 1.00 bits per heavy atom. The maximum absolute atomic E-state index is 13.1. The van der Waals surface area contributed by atoms with Crippen molar-refractivity contribution in [1.82, 2.24) is 0 Å². The van der Waals surface area contributed by atoms with Gasteiger partial charge in [0.15, 0.2) is 0 Å². The van der Waals surface area contributed by atoms with Gasteiger partial charge in [0.05, 0.1) is 21.0 Å². The van der Waals surface area contributed by atoms with E-state index in [0.29, 0.717) is 12.2 Å². The third-order valence-corrected chi connectivity index (χ3v) is 6.23. The second-order valence-corrected chi connectivity index (χ2v) is 8.87. The first kappa shape index (κ1) is 16.7. The summed E-state index contributed by atoms with van der Waals surface area (Å²) in [7, 11) is -3.74. The van der Waals surface area contributed by atoms with Crippen LogP contribution >= 0.6 is 0 Å². The van der Waals surface area contributed by atoms with E-state index in [2.05, 4.69) is 20.8 Å². The summed E-state index contributed by atoms with van der Waals surface area (Å²) in [4.78, 5) is 14.8. The van der Waals surface area contributed by atoms with Crippen LogP contribution in [0.5, 0.6) is 0 Å². The first-order valence-corrected chi connectivity index (χ1v) is 9.46. The molecular formula is C19H21NO3S. The van der Waals surface area contributed by atoms with E-state index in [1.165, 1.54) is 6.07 Å². The highest BCUT2D eigenvalue weighted by Gasteiger charge is 2.35. The average Bonchev–Trinajstić information content (AvgIpc) is 2.60. The number of anilines is 1. The number of rotatable bonds is 1. The van der Waals surface area contributed by atoms with Crippen LogP contribution < -0.4 is 4.90 Å². The van der Waals surface area contributed by atoms with E-state index in [9.17, 15) is 13.2 Å². The molecule has 0 fully saturated rings. The van der Waals surface area contributed by atoms with Crippen LogP contribution in [0.1, 0.15) is 43.6 Å². The molecule has 0 N–H and O–H groups in total. The quantitative estimate of drug-likeness (QED) is 0.791. The number of hydrogen-bond donors (Lipinski definition) is 0. The van der Waals surface area contributed by atoms with Gasteiger partial charge in [0.1, 0.15) is 0 Å². The van der Waals surface area contributed by atoms with Crippen LogP contribution in [-0.2, 0) is 15.3 Å². The standard InChI is InChI=1S/C19H21NO3S/c1-5-20-15-12-13(19(2,3)4)10-11-17(15)24(22,23)16-9-7-6-8-14(16)18(20)21/h6-12H,5H2,1-4H3. The molecule has 3 rings (SSSR count). The highest BCUT2D eigenvalue weighted by Crippen LogP contribution is 2.39. The number of hydrogen-bond acceptors (Lipinski definition) is 3. The number of carbonyl (C=O) groups excluding carboxylic acids is 1. The molecule has 0 aliphatic carbocycles. The Hall–Kier alpha value is -2.14. The Morgan fingerprint density at radius 3 is 2.29 bits per heavy atom. The van der Waals surface area contributed by atoms with Gasteiger partial charge in [-0.15, -0.1) is 0 Å². The average molecular weight is 343 g/mol. The third kappa shape index (κ3) is 2.44. The molecule has 2 aromatic rings. The second kappa shape index (κ2) is 5.45. The Bertz CT molecular complexity index is 924. The molecule has 1 aliphatic heterocycles. The lowest BCUT2D eigenvalue weighted by Gasteiger charge is -2.25. The van der Waals surface area contributed by atoms with Crippen LogP contribution in [-0.4, -0.2) is 20.9 Å². The minimum absolute atomic E-state index is 0.0794. The summed E-state index contributed by atoms with van der Waals surface area (Å²) in [5.74, 6) is -0.276. The number of benzene rings is 2. The van der Waals surface area contributed by atoms with Crippen molar-refractivity contribution in [1.29, 1.82) is 0 Å². The summed E-state index contributed by atoms with van der Waals surface area (Å²) in [6, 6.07) is 11.7. The lowest BCUT2D eigenvalue weighted by molar-refractivity contribution is 0.0985. The zero-order valence-corrected chi connectivity index (χ0v) is 15.1. The Morgan fingerprint density at radius 2 is 1.67 bits per heavy atom. The molecule has 2 aromatic carbocycles. The van der Waals surface area contributed by atoms with Gasteiger partial charge in [-0.05, 0) is 42.2 Å². The zero-order chi connectivity index (χ0) is 17.7. The van der Waals surface area contributed by atoms with Crippen LogP contribution in [0.2, 0.25) is 0 Å². The largest absolute Gasteiger partial charge is 0.307 e. The lowest BCUT2D eigenvalue weighted by atomic mass is 9.87. The molecule has 0 saturated carbocycles. The summed E-state index contributed by atoms with van der Waals surface area (Å²) in [6.45, 7) is 8.45. The topological polar surface area (TPSA) is 54.5 Å². The van der Waals surface area contributed by atoms with Crippen molar-refractivity contribution < 1.29 is 13.2 Å². The summed E-state index contributed by atoms with van der Waals surface area (Å²) >= 11 is 0. The van der Waals surface area contributed by atoms with Crippen molar-refractivity contribution in [3.05, 3.63) is 53.6 Å². The highest BCUT2D eigenvalue weighted by molar-refractivity contribution is 7.91. The van der Waals surface area contributed by atoms with Gasteiger partial charge in [0.2, 0.25) is 9.84 Å².